The van der Waals surface area contributed by atoms with E-state index in [1.807, 2.05) is 48.5 Å². The molecule has 0 radical (unpaired) electrons. The second-order valence-electron chi connectivity index (χ2n) is 9.34. The standard InChI is InChI=1S/C34H29NO4/c1-24(2)20-25-12-14-26(15-13-25)35(27-16-18-31(19-17-27)38-33-10-4-7-29(36)22-33)28-6-3-9-32(21-28)39-34-11-5-8-30(37)23-34/h3-23,36-37H,1-2H3. The molecule has 5 rings (SSSR count). The van der Waals surface area contributed by atoms with Gasteiger partial charge in [0.25, 0.3) is 0 Å². The highest BCUT2D eigenvalue weighted by Gasteiger charge is 2.14. The van der Waals surface area contributed by atoms with Crippen LogP contribution in [0.15, 0.2) is 127 Å². The topological polar surface area (TPSA) is 62.2 Å². The van der Waals surface area contributed by atoms with Gasteiger partial charge in [0.2, 0.25) is 0 Å². The van der Waals surface area contributed by atoms with E-state index in [0.29, 0.717) is 23.0 Å². The molecule has 0 atom stereocenters. The molecule has 194 valence electrons. The van der Waals surface area contributed by atoms with E-state index in [0.717, 1.165) is 22.6 Å². The Labute approximate surface area is 228 Å². The van der Waals surface area contributed by atoms with E-state index in [2.05, 4.69) is 49.1 Å². The molecule has 0 aromatic heterocycles. The molecule has 5 nitrogen and oxygen atoms in total. The summed E-state index contributed by atoms with van der Waals surface area (Å²) in [6, 6.07) is 37.4. The summed E-state index contributed by atoms with van der Waals surface area (Å²) in [7, 11) is 0. The molecule has 0 aliphatic heterocycles. The zero-order valence-corrected chi connectivity index (χ0v) is 21.8. The van der Waals surface area contributed by atoms with Crippen molar-refractivity contribution < 1.29 is 19.7 Å². The zero-order chi connectivity index (χ0) is 27.2. The first-order valence-electron chi connectivity index (χ1n) is 12.6. The summed E-state index contributed by atoms with van der Waals surface area (Å²) < 4.78 is 12.0. The summed E-state index contributed by atoms with van der Waals surface area (Å²) in [4.78, 5) is 2.14. The van der Waals surface area contributed by atoms with Gasteiger partial charge in [0, 0.05) is 35.3 Å². The van der Waals surface area contributed by atoms with Crippen molar-refractivity contribution in [3.8, 4) is 34.5 Å². The van der Waals surface area contributed by atoms with Crippen LogP contribution in [0, 0.1) is 0 Å². The summed E-state index contributed by atoms with van der Waals surface area (Å²) in [5, 5.41) is 19.6. The summed E-state index contributed by atoms with van der Waals surface area (Å²) >= 11 is 0. The first kappa shape index (κ1) is 25.5. The Morgan fingerprint density at radius 2 is 1.03 bits per heavy atom. The van der Waals surface area contributed by atoms with Crippen LogP contribution >= 0.6 is 0 Å². The average molecular weight is 516 g/mol. The highest BCUT2D eigenvalue weighted by molar-refractivity contribution is 5.78. The van der Waals surface area contributed by atoms with Crippen molar-refractivity contribution in [2.75, 3.05) is 4.90 Å². The Morgan fingerprint density at radius 1 is 0.538 bits per heavy atom. The zero-order valence-electron chi connectivity index (χ0n) is 21.8. The van der Waals surface area contributed by atoms with Crippen molar-refractivity contribution in [1.82, 2.24) is 0 Å². The van der Waals surface area contributed by atoms with Crippen molar-refractivity contribution >= 4 is 23.1 Å². The van der Waals surface area contributed by atoms with Crippen LogP contribution in [0.1, 0.15) is 19.4 Å². The van der Waals surface area contributed by atoms with Crippen LogP contribution in [0.25, 0.3) is 6.08 Å². The monoisotopic (exact) mass is 515 g/mol. The molecule has 0 spiro atoms. The van der Waals surface area contributed by atoms with Crippen molar-refractivity contribution in [3.05, 3.63) is 132 Å². The molecule has 5 aromatic carbocycles. The Kier molecular flexibility index (Phi) is 7.51. The highest BCUT2D eigenvalue weighted by atomic mass is 16.5. The number of allylic oxidation sites excluding steroid dienone is 1. The lowest BCUT2D eigenvalue weighted by molar-refractivity contribution is 0.454. The maximum Gasteiger partial charge on any atom is 0.131 e. The molecule has 0 bridgehead atoms. The van der Waals surface area contributed by atoms with Gasteiger partial charge >= 0.3 is 0 Å². The van der Waals surface area contributed by atoms with Gasteiger partial charge in [-0.1, -0.05) is 42.0 Å². The fraction of sp³-hybridized carbons (Fsp3) is 0.0588. The smallest absolute Gasteiger partial charge is 0.131 e. The lowest BCUT2D eigenvalue weighted by Gasteiger charge is -2.26. The molecular weight excluding hydrogens is 486 g/mol. The number of benzene rings is 5. The van der Waals surface area contributed by atoms with Gasteiger partial charge in [0.1, 0.15) is 34.5 Å². The molecule has 0 saturated carbocycles. The molecule has 5 heteroatoms. The van der Waals surface area contributed by atoms with Gasteiger partial charge < -0.3 is 24.6 Å². The van der Waals surface area contributed by atoms with E-state index in [-0.39, 0.29) is 11.5 Å². The van der Waals surface area contributed by atoms with Crippen LogP contribution in [0.4, 0.5) is 17.1 Å². The predicted molar refractivity (Wildman–Crippen MR) is 157 cm³/mol. The molecule has 0 fully saturated rings. The number of anilines is 3. The van der Waals surface area contributed by atoms with E-state index < -0.39 is 0 Å². The molecule has 0 heterocycles. The number of rotatable bonds is 8. The summed E-state index contributed by atoms with van der Waals surface area (Å²) in [6.07, 6.45) is 2.14. The molecular formula is C34H29NO4. The maximum absolute atomic E-state index is 9.82. The number of aromatic hydroxyl groups is 2. The van der Waals surface area contributed by atoms with Gasteiger partial charge in [0.05, 0.1) is 0 Å². The predicted octanol–water partition coefficient (Wildman–Crippen LogP) is 9.58. The van der Waals surface area contributed by atoms with Gasteiger partial charge in [-0.15, -0.1) is 0 Å². The fourth-order valence-corrected chi connectivity index (χ4v) is 4.22. The number of hydrogen-bond donors (Lipinski definition) is 2. The average Bonchev–Trinajstić information content (AvgIpc) is 2.91. The minimum atomic E-state index is 0.148. The number of phenolic OH excluding ortho intramolecular Hbond substituents is 2. The van der Waals surface area contributed by atoms with Crippen molar-refractivity contribution in [2.24, 2.45) is 0 Å². The number of phenols is 2. The Bertz CT molecular complexity index is 1590. The molecule has 0 aliphatic carbocycles. The third kappa shape index (κ3) is 6.59. The van der Waals surface area contributed by atoms with Gasteiger partial charge in [0.15, 0.2) is 0 Å². The molecule has 0 unspecified atom stereocenters. The van der Waals surface area contributed by atoms with E-state index in [1.165, 1.54) is 5.57 Å². The first-order chi connectivity index (χ1) is 18.9. The normalized spacial score (nSPS) is 10.5. The van der Waals surface area contributed by atoms with Crippen molar-refractivity contribution in [2.45, 2.75) is 13.8 Å². The molecule has 0 saturated heterocycles. The van der Waals surface area contributed by atoms with E-state index in [9.17, 15) is 10.2 Å². The second-order valence-corrected chi connectivity index (χ2v) is 9.34. The van der Waals surface area contributed by atoms with E-state index in [4.69, 9.17) is 9.47 Å². The molecule has 0 amide bonds. The van der Waals surface area contributed by atoms with E-state index >= 15 is 0 Å². The van der Waals surface area contributed by atoms with E-state index in [1.54, 1.807) is 48.5 Å². The lowest BCUT2D eigenvalue weighted by Crippen LogP contribution is -2.10. The summed E-state index contributed by atoms with van der Waals surface area (Å²) in [5.41, 5.74) is 5.19. The second kappa shape index (κ2) is 11.5. The van der Waals surface area contributed by atoms with Crippen LogP contribution in [-0.2, 0) is 0 Å². The Balaban J connectivity index is 1.49. The SMILES string of the molecule is CC(C)=Cc1ccc(N(c2ccc(Oc3cccc(O)c3)cc2)c2cccc(Oc3cccc(O)c3)c2)cc1. The molecule has 39 heavy (non-hydrogen) atoms. The number of ether oxygens (including phenoxy) is 2. The van der Waals surface area contributed by atoms with Crippen molar-refractivity contribution in [1.29, 1.82) is 0 Å². The van der Waals surface area contributed by atoms with Crippen LogP contribution < -0.4 is 14.4 Å². The highest BCUT2D eigenvalue weighted by Crippen LogP contribution is 2.38. The Morgan fingerprint density at radius 3 is 1.56 bits per heavy atom. The van der Waals surface area contributed by atoms with Crippen LogP contribution in [0.2, 0.25) is 0 Å². The van der Waals surface area contributed by atoms with Gasteiger partial charge in [-0.3, -0.25) is 0 Å². The number of hydrogen-bond acceptors (Lipinski definition) is 5. The van der Waals surface area contributed by atoms with Crippen molar-refractivity contribution in [3.63, 3.8) is 0 Å². The van der Waals surface area contributed by atoms with Crippen LogP contribution in [0.5, 0.6) is 34.5 Å². The van der Waals surface area contributed by atoms with Gasteiger partial charge in [-0.05, 0) is 92.2 Å². The molecule has 0 aliphatic rings. The lowest BCUT2D eigenvalue weighted by atomic mass is 10.1. The Hall–Kier alpha value is -5.16. The van der Waals surface area contributed by atoms with Crippen LogP contribution in [-0.4, -0.2) is 10.2 Å². The van der Waals surface area contributed by atoms with Gasteiger partial charge in [-0.25, -0.2) is 0 Å². The summed E-state index contributed by atoms with van der Waals surface area (Å²) in [6.45, 7) is 4.16. The molecule has 5 aromatic rings. The minimum Gasteiger partial charge on any atom is -0.508 e. The molecule has 2 N–H and O–H groups in total. The third-order valence-electron chi connectivity index (χ3n) is 5.88. The third-order valence-corrected chi connectivity index (χ3v) is 5.88. The largest absolute Gasteiger partial charge is 0.508 e. The number of nitrogens with zero attached hydrogens (tertiary/aromatic N) is 1. The quantitative estimate of drug-likeness (QED) is 0.215. The first-order valence-corrected chi connectivity index (χ1v) is 12.6. The fourth-order valence-electron chi connectivity index (χ4n) is 4.22. The maximum atomic E-state index is 9.82. The summed E-state index contributed by atoms with van der Waals surface area (Å²) in [5.74, 6) is 2.72. The van der Waals surface area contributed by atoms with Crippen LogP contribution in [0.3, 0.4) is 0 Å². The minimum absolute atomic E-state index is 0.148. The van der Waals surface area contributed by atoms with Gasteiger partial charge in [-0.2, -0.15) is 0 Å².